The average molecular weight is 256 g/mol. The number of rotatable bonds is 4. The van der Waals surface area contributed by atoms with E-state index in [-0.39, 0.29) is 11.6 Å². The van der Waals surface area contributed by atoms with Gasteiger partial charge in [-0.05, 0) is 19.8 Å². The molecule has 2 heterocycles. The van der Waals surface area contributed by atoms with Gasteiger partial charge in [-0.25, -0.2) is 18.8 Å². The van der Waals surface area contributed by atoms with Gasteiger partial charge in [-0.3, -0.25) is 0 Å². The van der Waals surface area contributed by atoms with Crippen LogP contribution in [0, 0.1) is 11.6 Å². The largest absolute Gasteiger partial charge is 0.368 e. The van der Waals surface area contributed by atoms with Crippen LogP contribution in [-0.2, 0) is 0 Å². The van der Waals surface area contributed by atoms with E-state index >= 15 is 0 Å². The number of piperidine rings is 1. The van der Waals surface area contributed by atoms with E-state index in [0.717, 1.165) is 32.0 Å². The van der Waals surface area contributed by atoms with E-state index in [2.05, 4.69) is 15.7 Å². The number of aromatic nitrogens is 1. The van der Waals surface area contributed by atoms with Gasteiger partial charge in [0, 0.05) is 25.7 Å². The molecule has 1 aliphatic rings. The molecule has 6 heteroatoms. The molecule has 1 aromatic rings. The molecule has 2 N–H and O–H groups in total. The van der Waals surface area contributed by atoms with Crippen LogP contribution in [-0.4, -0.2) is 29.6 Å². The summed E-state index contributed by atoms with van der Waals surface area (Å²) in [5, 5.41) is 4.69. The molecule has 1 aromatic heterocycles. The highest BCUT2D eigenvalue weighted by atomic mass is 19.1. The van der Waals surface area contributed by atoms with Crippen molar-refractivity contribution in [2.75, 3.05) is 30.4 Å². The standard InChI is InChI=1S/C12H18F2N4/c1-2-15-11-9(13)8-10(14)12(16-11)17-18-6-4-3-5-7-18/h8H,2-7H2,1H3,(H2,15,16,17). The first-order valence-corrected chi connectivity index (χ1v) is 6.32. The number of pyridine rings is 1. The Bertz CT molecular complexity index is 405. The van der Waals surface area contributed by atoms with Crippen LogP contribution in [0.3, 0.4) is 0 Å². The molecule has 0 unspecified atom stereocenters. The molecule has 18 heavy (non-hydrogen) atoms. The zero-order valence-electron chi connectivity index (χ0n) is 10.5. The predicted molar refractivity (Wildman–Crippen MR) is 67.4 cm³/mol. The van der Waals surface area contributed by atoms with E-state index in [1.54, 1.807) is 0 Å². The van der Waals surface area contributed by atoms with Crippen LogP contribution in [0.5, 0.6) is 0 Å². The summed E-state index contributed by atoms with van der Waals surface area (Å²) in [4.78, 5) is 3.94. The fourth-order valence-electron chi connectivity index (χ4n) is 1.99. The number of anilines is 2. The van der Waals surface area contributed by atoms with Gasteiger partial charge in [0.2, 0.25) is 0 Å². The Morgan fingerprint density at radius 3 is 2.50 bits per heavy atom. The van der Waals surface area contributed by atoms with Crippen LogP contribution < -0.4 is 10.7 Å². The van der Waals surface area contributed by atoms with Gasteiger partial charge >= 0.3 is 0 Å². The third kappa shape index (κ3) is 3.07. The minimum atomic E-state index is -0.668. The van der Waals surface area contributed by atoms with E-state index < -0.39 is 11.6 Å². The van der Waals surface area contributed by atoms with Crippen molar-refractivity contribution < 1.29 is 8.78 Å². The molecule has 0 bridgehead atoms. The molecule has 0 amide bonds. The van der Waals surface area contributed by atoms with Crippen molar-refractivity contribution in [3.05, 3.63) is 17.7 Å². The summed E-state index contributed by atoms with van der Waals surface area (Å²) in [5.74, 6) is -1.18. The topological polar surface area (TPSA) is 40.2 Å². The second-order valence-electron chi connectivity index (χ2n) is 4.34. The summed E-state index contributed by atoms with van der Waals surface area (Å²) >= 11 is 0. The van der Waals surface area contributed by atoms with E-state index in [0.29, 0.717) is 6.54 Å². The summed E-state index contributed by atoms with van der Waals surface area (Å²) in [6, 6.07) is 0.858. The van der Waals surface area contributed by atoms with E-state index in [1.165, 1.54) is 6.42 Å². The monoisotopic (exact) mass is 256 g/mol. The minimum absolute atomic E-state index is 0.0780. The molecule has 4 nitrogen and oxygen atoms in total. The number of nitrogens with one attached hydrogen (secondary N) is 2. The van der Waals surface area contributed by atoms with Crippen molar-refractivity contribution in [1.29, 1.82) is 0 Å². The quantitative estimate of drug-likeness (QED) is 0.868. The molecule has 0 saturated carbocycles. The summed E-state index contributed by atoms with van der Waals surface area (Å²) in [6.45, 7) is 4.09. The summed E-state index contributed by atoms with van der Waals surface area (Å²) in [7, 11) is 0. The van der Waals surface area contributed by atoms with Crippen molar-refractivity contribution >= 4 is 11.6 Å². The summed E-state index contributed by atoms with van der Waals surface area (Å²) in [6.07, 6.45) is 3.35. The Morgan fingerprint density at radius 2 is 1.83 bits per heavy atom. The van der Waals surface area contributed by atoms with Crippen molar-refractivity contribution in [2.45, 2.75) is 26.2 Å². The van der Waals surface area contributed by atoms with Crippen LogP contribution in [0.2, 0.25) is 0 Å². The number of nitrogens with zero attached hydrogens (tertiary/aromatic N) is 2. The van der Waals surface area contributed by atoms with Gasteiger partial charge < -0.3 is 10.7 Å². The third-order valence-electron chi connectivity index (χ3n) is 2.89. The molecule has 1 saturated heterocycles. The highest BCUT2D eigenvalue weighted by molar-refractivity contribution is 5.47. The predicted octanol–water partition coefficient (Wildman–Crippen LogP) is 2.60. The molecule has 2 rings (SSSR count). The van der Waals surface area contributed by atoms with Crippen molar-refractivity contribution in [2.24, 2.45) is 0 Å². The molecule has 100 valence electrons. The highest BCUT2D eigenvalue weighted by Crippen LogP contribution is 2.20. The first-order valence-electron chi connectivity index (χ1n) is 6.32. The van der Waals surface area contributed by atoms with Gasteiger partial charge in [-0.2, -0.15) is 0 Å². The van der Waals surface area contributed by atoms with Gasteiger partial charge in [0.1, 0.15) is 0 Å². The fraction of sp³-hybridized carbons (Fsp3) is 0.583. The van der Waals surface area contributed by atoms with Crippen LogP contribution in [0.25, 0.3) is 0 Å². The molecule has 1 fully saturated rings. The molecule has 0 radical (unpaired) electrons. The van der Waals surface area contributed by atoms with Gasteiger partial charge in [-0.1, -0.05) is 6.42 Å². The minimum Gasteiger partial charge on any atom is -0.368 e. The van der Waals surface area contributed by atoms with Gasteiger partial charge in [0.25, 0.3) is 0 Å². The second kappa shape index (κ2) is 5.95. The van der Waals surface area contributed by atoms with Gasteiger partial charge in [0.15, 0.2) is 23.3 Å². The van der Waals surface area contributed by atoms with Gasteiger partial charge in [0.05, 0.1) is 0 Å². The Balaban J connectivity index is 2.12. The zero-order chi connectivity index (χ0) is 13.0. The number of hydrogen-bond donors (Lipinski definition) is 2. The highest BCUT2D eigenvalue weighted by Gasteiger charge is 2.15. The van der Waals surface area contributed by atoms with Gasteiger partial charge in [-0.15, -0.1) is 0 Å². The Labute approximate surface area is 105 Å². The number of hydrogen-bond acceptors (Lipinski definition) is 4. The normalized spacial score (nSPS) is 16.6. The molecular formula is C12H18F2N4. The Kier molecular flexibility index (Phi) is 4.30. The Morgan fingerprint density at radius 1 is 1.17 bits per heavy atom. The number of halogens is 2. The third-order valence-corrected chi connectivity index (χ3v) is 2.89. The average Bonchev–Trinajstić information content (AvgIpc) is 2.37. The maximum absolute atomic E-state index is 13.6. The van der Waals surface area contributed by atoms with Crippen molar-refractivity contribution in [3.63, 3.8) is 0 Å². The maximum Gasteiger partial charge on any atom is 0.179 e. The lowest BCUT2D eigenvalue weighted by molar-refractivity contribution is 0.270. The van der Waals surface area contributed by atoms with Crippen LogP contribution in [0.15, 0.2) is 6.07 Å². The van der Waals surface area contributed by atoms with Crippen LogP contribution in [0.1, 0.15) is 26.2 Å². The second-order valence-corrected chi connectivity index (χ2v) is 4.34. The lowest BCUT2D eigenvalue weighted by Crippen LogP contribution is -2.35. The number of hydrazine groups is 1. The first kappa shape index (κ1) is 13.0. The molecule has 0 aromatic carbocycles. The van der Waals surface area contributed by atoms with Crippen LogP contribution in [0.4, 0.5) is 20.4 Å². The molecule has 0 spiro atoms. The smallest absolute Gasteiger partial charge is 0.179 e. The molecule has 0 atom stereocenters. The summed E-state index contributed by atoms with van der Waals surface area (Å²) in [5.41, 5.74) is 2.92. The maximum atomic E-state index is 13.6. The first-order chi connectivity index (χ1) is 8.70. The van der Waals surface area contributed by atoms with Crippen LogP contribution >= 0.6 is 0 Å². The van der Waals surface area contributed by atoms with E-state index in [4.69, 9.17) is 0 Å². The molecule has 1 aliphatic heterocycles. The molecular weight excluding hydrogens is 238 g/mol. The lowest BCUT2D eigenvalue weighted by atomic mass is 10.2. The van der Waals surface area contributed by atoms with Crippen molar-refractivity contribution in [3.8, 4) is 0 Å². The lowest BCUT2D eigenvalue weighted by Gasteiger charge is -2.27. The summed E-state index contributed by atoms with van der Waals surface area (Å²) < 4.78 is 27.0. The fourth-order valence-corrected chi connectivity index (χ4v) is 1.99. The molecule has 0 aliphatic carbocycles. The van der Waals surface area contributed by atoms with Crippen molar-refractivity contribution in [1.82, 2.24) is 9.99 Å². The van der Waals surface area contributed by atoms with E-state index in [9.17, 15) is 8.78 Å². The van der Waals surface area contributed by atoms with E-state index in [1.807, 2.05) is 11.9 Å². The Hall–Kier alpha value is -1.43. The zero-order valence-corrected chi connectivity index (χ0v) is 10.5. The SMILES string of the molecule is CCNc1nc(NN2CCCCC2)c(F)cc1F.